The van der Waals surface area contributed by atoms with E-state index in [0.717, 1.165) is 31.0 Å². The highest BCUT2D eigenvalue weighted by molar-refractivity contribution is 9.09. The molecule has 0 unspecified atom stereocenters. The van der Waals surface area contributed by atoms with Crippen molar-refractivity contribution in [3.05, 3.63) is 0 Å². The molecule has 1 aliphatic rings. The van der Waals surface area contributed by atoms with Crippen molar-refractivity contribution in [3.8, 4) is 0 Å². The minimum absolute atomic E-state index is 0.0645. The SMILES string of the molecule is O=C(O)C1CCC(CBr)CC1. The number of halogens is 1. The summed E-state index contributed by atoms with van der Waals surface area (Å²) in [4.78, 5) is 10.5. The molecule has 0 saturated heterocycles. The van der Waals surface area contributed by atoms with E-state index in [-0.39, 0.29) is 5.92 Å². The third-order valence-corrected chi connectivity index (χ3v) is 3.33. The standard InChI is InChI=1S/C8H13BrO2/c9-5-6-1-3-7(4-2-6)8(10)11/h6-7H,1-5H2,(H,10,11). The van der Waals surface area contributed by atoms with Gasteiger partial charge in [-0.3, -0.25) is 4.79 Å². The van der Waals surface area contributed by atoms with Crippen LogP contribution in [0.5, 0.6) is 0 Å². The molecule has 0 amide bonds. The molecule has 2 nitrogen and oxygen atoms in total. The number of aliphatic carboxylic acids is 1. The zero-order chi connectivity index (χ0) is 8.27. The Balaban J connectivity index is 2.30. The molecular weight excluding hydrogens is 208 g/mol. The van der Waals surface area contributed by atoms with E-state index in [1.807, 2.05) is 0 Å². The second-order valence-electron chi connectivity index (χ2n) is 3.21. The summed E-state index contributed by atoms with van der Waals surface area (Å²) >= 11 is 3.42. The zero-order valence-electron chi connectivity index (χ0n) is 6.42. The maximum Gasteiger partial charge on any atom is 0.306 e. The predicted octanol–water partition coefficient (Wildman–Crippen LogP) is 2.27. The van der Waals surface area contributed by atoms with Crippen LogP contribution in [0.3, 0.4) is 0 Å². The lowest BCUT2D eigenvalue weighted by Crippen LogP contribution is -2.21. The minimum Gasteiger partial charge on any atom is -0.481 e. The van der Waals surface area contributed by atoms with E-state index in [1.54, 1.807) is 0 Å². The van der Waals surface area contributed by atoms with Gasteiger partial charge in [0.05, 0.1) is 5.92 Å². The van der Waals surface area contributed by atoms with Crippen LogP contribution in [-0.2, 0) is 4.79 Å². The fourth-order valence-corrected chi connectivity index (χ4v) is 2.21. The average molecular weight is 221 g/mol. The van der Waals surface area contributed by atoms with E-state index < -0.39 is 5.97 Å². The number of carboxylic acids is 1. The quantitative estimate of drug-likeness (QED) is 0.726. The van der Waals surface area contributed by atoms with E-state index in [1.165, 1.54) is 0 Å². The molecule has 11 heavy (non-hydrogen) atoms. The highest BCUT2D eigenvalue weighted by atomic mass is 79.9. The van der Waals surface area contributed by atoms with Crippen molar-refractivity contribution in [1.29, 1.82) is 0 Å². The number of carbonyl (C=O) groups is 1. The molecule has 3 heteroatoms. The van der Waals surface area contributed by atoms with Gasteiger partial charge in [0.1, 0.15) is 0 Å². The minimum atomic E-state index is -0.613. The van der Waals surface area contributed by atoms with Crippen LogP contribution in [0.2, 0.25) is 0 Å². The summed E-state index contributed by atoms with van der Waals surface area (Å²) < 4.78 is 0. The van der Waals surface area contributed by atoms with E-state index in [4.69, 9.17) is 5.11 Å². The molecule has 1 rings (SSSR count). The summed E-state index contributed by atoms with van der Waals surface area (Å²) in [7, 11) is 0. The Bertz CT molecular complexity index is 139. The Morgan fingerprint density at radius 1 is 1.36 bits per heavy atom. The molecule has 0 spiro atoms. The van der Waals surface area contributed by atoms with Crippen molar-refractivity contribution < 1.29 is 9.90 Å². The van der Waals surface area contributed by atoms with Gasteiger partial charge in [0.15, 0.2) is 0 Å². The van der Waals surface area contributed by atoms with Crippen LogP contribution in [-0.4, -0.2) is 16.4 Å². The van der Waals surface area contributed by atoms with Crippen molar-refractivity contribution >= 4 is 21.9 Å². The van der Waals surface area contributed by atoms with Crippen LogP contribution in [0.15, 0.2) is 0 Å². The average Bonchev–Trinajstić information content (AvgIpc) is 2.05. The third-order valence-electron chi connectivity index (χ3n) is 2.41. The van der Waals surface area contributed by atoms with Crippen LogP contribution < -0.4 is 0 Å². The first-order valence-electron chi connectivity index (χ1n) is 4.02. The predicted molar refractivity (Wildman–Crippen MR) is 46.9 cm³/mol. The lowest BCUT2D eigenvalue weighted by molar-refractivity contribution is -0.143. The van der Waals surface area contributed by atoms with E-state index in [2.05, 4.69) is 15.9 Å². The Kier molecular flexibility index (Phi) is 3.37. The van der Waals surface area contributed by atoms with Gasteiger partial charge in [0.2, 0.25) is 0 Å². The second-order valence-corrected chi connectivity index (χ2v) is 3.86. The maximum absolute atomic E-state index is 10.5. The Morgan fingerprint density at radius 2 is 1.91 bits per heavy atom. The summed E-state index contributed by atoms with van der Waals surface area (Å²) in [6.45, 7) is 0. The van der Waals surface area contributed by atoms with Gasteiger partial charge in [-0.1, -0.05) is 15.9 Å². The number of hydrogen-bond donors (Lipinski definition) is 1. The first-order chi connectivity index (χ1) is 5.24. The van der Waals surface area contributed by atoms with E-state index in [0.29, 0.717) is 5.92 Å². The van der Waals surface area contributed by atoms with Gasteiger partial charge < -0.3 is 5.11 Å². The van der Waals surface area contributed by atoms with E-state index >= 15 is 0 Å². The van der Waals surface area contributed by atoms with Crippen molar-refractivity contribution in [1.82, 2.24) is 0 Å². The van der Waals surface area contributed by atoms with Crippen molar-refractivity contribution in [2.24, 2.45) is 11.8 Å². The van der Waals surface area contributed by atoms with Crippen molar-refractivity contribution in [2.45, 2.75) is 25.7 Å². The number of hydrogen-bond acceptors (Lipinski definition) is 1. The normalized spacial score (nSPS) is 31.7. The Morgan fingerprint density at radius 3 is 2.27 bits per heavy atom. The zero-order valence-corrected chi connectivity index (χ0v) is 8.01. The summed E-state index contributed by atoms with van der Waals surface area (Å²) in [5, 5.41) is 9.71. The van der Waals surface area contributed by atoms with Gasteiger partial charge in [-0.15, -0.1) is 0 Å². The highest BCUT2D eigenvalue weighted by Crippen LogP contribution is 2.29. The fourth-order valence-electron chi connectivity index (χ4n) is 1.56. The lowest BCUT2D eigenvalue weighted by Gasteiger charge is -2.24. The monoisotopic (exact) mass is 220 g/mol. The molecule has 0 aromatic rings. The largest absolute Gasteiger partial charge is 0.481 e. The first-order valence-corrected chi connectivity index (χ1v) is 5.15. The van der Waals surface area contributed by atoms with Crippen LogP contribution in [0.25, 0.3) is 0 Å². The molecule has 0 aliphatic heterocycles. The summed E-state index contributed by atoms with van der Waals surface area (Å²) in [5.74, 6) is 0.0360. The first kappa shape index (κ1) is 9.04. The van der Waals surface area contributed by atoms with Gasteiger partial charge >= 0.3 is 5.97 Å². The molecule has 1 N–H and O–H groups in total. The van der Waals surface area contributed by atoms with Crippen LogP contribution in [0, 0.1) is 11.8 Å². The molecule has 0 radical (unpaired) electrons. The van der Waals surface area contributed by atoms with E-state index in [9.17, 15) is 4.79 Å². The van der Waals surface area contributed by atoms with Gasteiger partial charge in [0, 0.05) is 5.33 Å². The maximum atomic E-state index is 10.5. The fraction of sp³-hybridized carbons (Fsp3) is 0.875. The van der Waals surface area contributed by atoms with Crippen LogP contribution >= 0.6 is 15.9 Å². The van der Waals surface area contributed by atoms with Gasteiger partial charge in [0.25, 0.3) is 0 Å². The molecule has 64 valence electrons. The summed E-state index contributed by atoms with van der Waals surface area (Å²) in [6, 6.07) is 0. The molecule has 0 aromatic carbocycles. The lowest BCUT2D eigenvalue weighted by atomic mass is 9.83. The van der Waals surface area contributed by atoms with Crippen molar-refractivity contribution in [2.75, 3.05) is 5.33 Å². The molecule has 1 fully saturated rings. The molecular formula is C8H13BrO2. The number of carboxylic acid groups (broad SMARTS) is 1. The summed E-state index contributed by atoms with van der Waals surface area (Å²) in [6.07, 6.45) is 3.88. The van der Waals surface area contributed by atoms with Crippen molar-refractivity contribution in [3.63, 3.8) is 0 Å². The van der Waals surface area contributed by atoms with Gasteiger partial charge in [-0.2, -0.15) is 0 Å². The highest BCUT2D eigenvalue weighted by Gasteiger charge is 2.24. The molecule has 1 saturated carbocycles. The molecule has 1 aliphatic carbocycles. The molecule has 0 heterocycles. The summed E-state index contributed by atoms with van der Waals surface area (Å²) in [5.41, 5.74) is 0. The Hall–Kier alpha value is -0.0500. The Labute approximate surface area is 75.1 Å². The smallest absolute Gasteiger partial charge is 0.306 e. The molecule has 0 atom stereocenters. The molecule has 0 bridgehead atoms. The number of alkyl halides is 1. The van der Waals surface area contributed by atoms with Gasteiger partial charge in [-0.25, -0.2) is 0 Å². The van der Waals surface area contributed by atoms with Crippen LogP contribution in [0.4, 0.5) is 0 Å². The number of rotatable bonds is 2. The molecule has 0 aromatic heterocycles. The van der Waals surface area contributed by atoms with Crippen LogP contribution in [0.1, 0.15) is 25.7 Å². The van der Waals surface area contributed by atoms with Gasteiger partial charge in [-0.05, 0) is 31.6 Å². The topological polar surface area (TPSA) is 37.3 Å². The second kappa shape index (κ2) is 4.10. The third kappa shape index (κ3) is 2.47.